The van der Waals surface area contributed by atoms with E-state index in [9.17, 15) is 9.59 Å². The second-order valence-electron chi connectivity index (χ2n) is 8.76. The molecule has 0 N–H and O–H groups in total. The number of methoxy groups -OCH3 is 1. The van der Waals surface area contributed by atoms with Gasteiger partial charge in [0.05, 0.1) is 13.7 Å². The lowest BCUT2D eigenvalue weighted by Gasteiger charge is -2.38. The van der Waals surface area contributed by atoms with Gasteiger partial charge in [-0.2, -0.15) is 0 Å². The number of benzene rings is 2. The molecule has 182 valence electrons. The van der Waals surface area contributed by atoms with Crippen molar-refractivity contribution in [1.82, 2.24) is 14.7 Å². The fourth-order valence-corrected chi connectivity index (χ4v) is 4.41. The number of hydrogen-bond acceptors (Lipinski definition) is 7. The molecule has 0 unspecified atom stereocenters. The highest BCUT2D eigenvalue weighted by atomic mass is 16.6. The first-order valence-corrected chi connectivity index (χ1v) is 11.9. The molecule has 0 aromatic heterocycles. The average molecular weight is 467 g/mol. The maximum atomic E-state index is 12.9. The minimum Gasteiger partial charge on any atom is -0.482 e. The predicted octanol–water partition coefficient (Wildman–Crippen LogP) is 1.70. The molecule has 2 fully saturated rings. The van der Waals surface area contributed by atoms with Gasteiger partial charge in [0.15, 0.2) is 6.61 Å². The van der Waals surface area contributed by atoms with E-state index in [1.54, 1.807) is 0 Å². The zero-order valence-electron chi connectivity index (χ0n) is 19.9. The van der Waals surface area contributed by atoms with E-state index in [0.29, 0.717) is 12.3 Å². The van der Waals surface area contributed by atoms with Crippen LogP contribution in [-0.2, 0) is 20.9 Å². The van der Waals surface area contributed by atoms with Crippen molar-refractivity contribution >= 4 is 17.6 Å². The highest BCUT2D eigenvalue weighted by Crippen LogP contribution is 2.21. The van der Waals surface area contributed by atoms with Crippen LogP contribution in [0.5, 0.6) is 5.75 Å². The van der Waals surface area contributed by atoms with Crippen LogP contribution in [0.25, 0.3) is 0 Å². The summed E-state index contributed by atoms with van der Waals surface area (Å²) in [6.45, 7) is 8.31. The largest absolute Gasteiger partial charge is 0.482 e. The van der Waals surface area contributed by atoms with E-state index in [1.807, 2.05) is 35.2 Å². The molecule has 2 aliphatic rings. The second kappa shape index (κ2) is 11.9. The minimum absolute atomic E-state index is 0.0985. The Morgan fingerprint density at radius 2 is 1.44 bits per heavy atom. The highest BCUT2D eigenvalue weighted by molar-refractivity contribution is 5.78. The molecule has 8 nitrogen and oxygen atoms in total. The van der Waals surface area contributed by atoms with Crippen molar-refractivity contribution in [3.8, 4) is 5.75 Å². The van der Waals surface area contributed by atoms with Crippen LogP contribution < -0.4 is 9.64 Å². The third kappa shape index (κ3) is 6.71. The third-order valence-corrected chi connectivity index (χ3v) is 6.49. The Hall–Kier alpha value is -3.10. The fraction of sp³-hybridized carbons (Fsp3) is 0.462. The van der Waals surface area contributed by atoms with Crippen molar-refractivity contribution in [3.63, 3.8) is 0 Å². The van der Waals surface area contributed by atoms with Gasteiger partial charge >= 0.3 is 5.97 Å². The topological polar surface area (TPSA) is 65.6 Å². The molecule has 0 saturated carbocycles. The zero-order valence-corrected chi connectivity index (χ0v) is 19.9. The first kappa shape index (κ1) is 24.0. The van der Waals surface area contributed by atoms with Crippen molar-refractivity contribution in [2.24, 2.45) is 0 Å². The predicted molar refractivity (Wildman–Crippen MR) is 131 cm³/mol. The highest BCUT2D eigenvalue weighted by Gasteiger charge is 2.25. The summed E-state index contributed by atoms with van der Waals surface area (Å²) >= 11 is 0. The van der Waals surface area contributed by atoms with Crippen LogP contribution in [0.1, 0.15) is 5.56 Å². The SMILES string of the molecule is COC(=O)COc1ccc(N2CCN(C(=O)CN3CCN(Cc4ccccc4)CC3)CC2)cc1. The lowest BCUT2D eigenvalue weighted by atomic mass is 10.2. The molecular weight excluding hydrogens is 432 g/mol. The zero-order chi connectivity index (χ0) is 23.8. The number of anilines is 1. The second-order valence-corrected chi connectivity index (χ2v) is 8.76. The Balaban J connectivity index is 1.17. The van der Waals surface area contributed by atoms with Gasteiger partial charge in [-0.05, 0) is 29.8 Å². The number of rotatable bonds is 8. The van der Waals surface area contributed by atoms with Gasteiger partial charge in [-0.25, -0.2) is 4.79 Å². The average Bonchev–Trinajstić information content (AvgIpc) is 2.89. The smallest absolute Gasteiger partial charge is 0.343 e. The number of hydrogen-bond donors (Lipinski definition) is 0. The maximum absolute atomic E-state index is 12.9. The Bertz CT molecular complexity index is 922. The fourth-order valence-electron chi connectivity index (χ4n) is 4.41. The van der Waals surface area contributed by atoms with Gasteiger partial charge in [-0.15, -0.1) is 0 Å². The number of carbonyl (C=O) groups is 2. The van der Waals surface area contributed by atoms with E-state index < -0.39 is 5.97 Å². The quantitative estimate of drug-likeness (QED) is 0.549. The normalized spacial score (nSPS) is 17.4. The molecule has 0 aliphatic carbocycles. The number of carbonyl (C=O) groups excluding carboxylic acids is 2. The standard InChI is InChI=1S/C26H34N4O4/c1-33-26(32)21-34-24-9-7-23(8-10-24)29-15-17-30(18-16-29)25(31)20-28-13-11-27(12-14-28)19-22-5-3-2-4-6-22/h2-10H,11-21H2,1H3. The molecule has 0 spiro atoms. The van der Waals surface area contributed by atoms with Crippen LogP contribution >= 0.6 is 0 Å². The van der Waals surface area contributed by atoms with Crippen LogP contribution in [-0.4, -0.2) is 99.2 Å². The molecule has 2 heterocycles. The molecule has 4 rings (SSSR count). The third-order valence-electron chi connectivity index (χ3n) is 6.49. The van der Waals surface area contributed by atoms with Gasteiger partial charge in [0.2, 0.25) is 5.91 Å². The van der Waals surface area contributed by atoms with Crippen LogP contribution in [0.4, 0.5) is 5.69 Å². The van der Waals surface area contributed by atoms with Crippen molar-refractivity contribution in [2.75, 3.05) is 77.5 Å². The first-order valence-electron chi connectivity index (χ1n) is 11.9. The molecule has 2 saturated heterocycles. The Morgan fingerprint density at radius 1 is 0.794 bits per heavy atom. The van der Waals surface area contributed by atoms with E-state index in [4.69, 9.17) is 4.74 Å². The maximum Gasteiger partial charge on any atom is 0.343 e. The van der Waals surface area contributed by atoms with Crippen LogP contribution in [0.3, 0.4) is 0 Å². The molecular formula is C26H34N4O4. The van der Waals surface area contributed by atoms with Crippen molar-refractivity contribution in [3.05, 3.63) is 60.2 Å². The van der Waals surface area contributed by atoms with Gasteiger partial charge in [0.25, 0.3) is 0 Å². The first-order chi connectivity index (χ1) is 16.6. The summed E-state index contributed by atoms with van der Waals surface area (Å²) in [6, 6.07) is 18.2. The summed E-state index contributed by atoms with van der Waals surface area (Å²) in [5.74, 6) is 0.452. The lowest BCUT2D eigenvalue weighted by Crippen LogP contribution is -2.53. The van der Waals surface area contributed by atoms with Crippen molar-refractivity contribution < 1.29 is 19.1 Å². The van der Waals surface area contributed by atoms with Crippen molar-refractivity contribution in [2.45, 2.75) is 6.54 Å². The molecule has 0 radical (unpaired) electrons. The summed E-state index contributed by atoms with van der Waals surface area (Å²) in [5.41, 5.74) is 2.43. The van der Waals surface area contributed by atoms with Gasteiger partial charge in [-0.1, -0.05) is 30.3 Å². The minimum atomic E-state index is -0.404. The van der Waals surface area contributed by atoms with E-state index >= 15 is 0 Å². The van der Waals surface area contributed by atoms with Gasteiger partial charge in [-0.3, -0.25) is 14.6 Å². The Labute approximate surface area is 201 Å². The monoisotopic (exact) mass is 466 g/mol. The number of amides is 1. The number of nitrogens with zero attached hydrogens (tertiary/aromatic N) is 4. The van der Waals surface area contributed by atoms with E-state index in [-0.39, 0.29) is 12.5 Å². The van der Waals surface area contributed by atoms with Gasteiger partial charge < -0.3 is 19.3 Å². The Kier molecular flexibility index (Phi) is 8.38. The van der Waals surface area contributed by atoms with Crippen LogP contribution in [0, 0.1) is 0 Å². The summed E-state index contributed by atoms with van der Waals surface area (Å²) < 4.78 is 9.99. The number of esters is 1. The molecule has 34 heavy (non-hydrogen) atoms. The summed E-state index contributed by atoms with van der Waals surface area (Å²) in [7, 11) is 1.34. The molecule has 1 amide bonds. The summed E-state index contributed by atoms with van der Waals surface area (Å²) in [6.07, 6.45) is 0. The number of ether oxygens (including phenoxy) is 2. The molecule has 2 aliphatic heterocycles. The molecule has 8 heteroatoms. The van der Waals surface area contributed by atoms with Crippen LogP contribution in [0.2, 0.25) is 0 Å². The molecule has 0 atom stereocenters. The van der Waals surface area contributed by atoms with Crippen molar-refractivity contribution in [1.29, 1.82) is 0 Å². The number of piperazine rings is 2. The molecule has 2 aromatic rings. The van der Waals surface area contributed by atoms with E-state index in [2.05, 4.69) is 43.7 Å². The van der Waals surface area contributed by atoms with Gasteiger partial charge in [0.1, 0.15) is 5.75 Å². The van der Waals surface area contributed by atoms with Gasteiger partial charge in [0, 0.05) is 64.6 Å². The Morgan fingerprint density at radius 3 is 2.09 bits per heavy atom. The van der Waals surface area contributed by atoms with E-state index in [0.717, 1.165) is 64.6 Å². The van der Waals surface area contributed by atoms with E-state index in [1.165, 1.54) is 12.7 Å². The van der Waals surface area contributed by atoms with Crippen LogP contribution in [0.15, 0.2) is 54.6 Å². The molecule has 2 aromatic carbocycles. The molecule has 0 bridgehead atoms. The summed E-state index contributed by atoms with van der Waals surface area (Å²) in [5, 5.41) is 0. The lowest BCUT2D eigenvalue weighted by molar-refractivity contribution is -0.143. The summed E-state index contributed by atoms with van der Waals surface area (Å²) in [4.78, 5) is 33.1.